The molecule has 4 heteroatoms. The number of aromatic nitrogens is 1. The lowest BCUT2D eigenvalue weighted by Gasteiger charge is -2.35. The van der Waals surface area contributed by atoms with Gasteiger partial charge in [0.15, 0.2) is 0 Å². The van der Waals surface area contributed by atoms with Gasteiger partial charge in [-0.05, 0) is 74.3 Å². The third-order valence-electron chi connectivity index (χ3n) is 5.53. The molecule has 26 heavy (non-hydrogen) atoms. The molecule has 0 N–H and O–H groups in total. The van der Waals surface area contributed by atoms with Gasteiger partial charge in [0, 0.05) is 31.8 Å². The Balaban J connectivity index is 1.65. The molecule has 1 aromatic rings. The van der Waals surface area contributed by atoms with Crippen LogP contribution in [-0.4, -0.2) is 18.1 Å². The maximum atomic E-state index is 13.3. The Bertz CT molecular complexity index is 716. The minimum atomic E-state index is -2.83. The van der Waals surface area contributed by atoms with Gasteiger partial charge in [-0.25, -0.2) is 13.8 Å². The van der Waals surface area contributed by atoms with Crippen molar-refractivity contribution >= 4 is 5.82 Å². The molecule has 3 rings (SSSR count). The summed E-state index contributed by atoms with van der Waals surface area (Å²) in [5.41, 5.74) is 4.25. The van der Waals surface area contributed by atoms with Crippen molar-refractivity contribution in [1.29, 1.82) is 0 Å². The fourth-order valence-electron chi connectivity index (χ4n) is 4.01. The summed E-state index contributed by atoms with van der Waals surface area (Å²) in [5.74, 6) is -1.48. The van der Waals surface area contributed by atoms with Crippen molar-refractivity contribution in [3.8, 4) is 0 Å². The van der Waals surface area contributed by atoms with E-state index in [9.17, 15) is 8.78 Å². The second-order valence-electron chi connectivity index (χ2n) is 7.38. The zero-order chi connectivity index (χ0) is 18.7. The summed E-state index contributed by atoms with van der Waals surface area (Å²) in [5, 5.41) is 0. The molecule has 2 heterocycles. The topological polar surface area (TPSA) is 16.1 Å². The fourth-order valence-corrected chi connectivity index (χ4v) is 4.01. The number of nitrogens with zero attached hydrogens (tertiary/aromatic N) is 2. The number of hydrogen-bond acceptors (Lipinski definition) is 2. The molecule has 0 spiro atoms. The second-order valence-corrected chi connectivity index (χ2v) is 7.38. The van der Waals surface area contributed by atoms with Crippen molar-refractivity contribution in [1.82, 2.24) is 4.98 Å². The van der Waals surface area contributed by atoms with Gasteiger partial charge in [0.2, 0.25) is 0 Å². The Hall–Kier alpha value is -1.97. The molecule has 0 unspecified atom stereocenters. The summed E-state index contributed by atoms with van der Waals surface area (Å²) >= 11 is 0. The second kappa shape index (κ2) is 7.73. The molecule has 0 saturated carbocycles. The molecule has 0 aromatic carbocycles. The highest BCUT2D eigenvalue weighted by Crippen LogP contribution is 2.36. The summed E-state index contributed by atoms with van der Waals surface area (Å²) in [6, 6.07) is 3.22. The van der Waals surface area contributed by atoms with E-state index in [0.29, 0.717) is 5.92 Å². The van der Waals surface area contributed by atoms with Crippen LogP contribution in [0.2, 0.25) is 0 Å². The van der Waals surface area contributed by atoms with Gasteiger partial charge in [0.1, 0.15) is 5.82 Å². The number of allylic oxidation sites excluding steroid dienone is 6. The van der Waals surface area contributed by atoms with Crippen LogP contribution in [0.3, 0.4) is 0 Å². The van der Waals surface area contributed by atoms with E-state index in [4.69, 9.17) is 0 Å². The minimum absolute atomic E-state index is 0.0289. The lowest BCUT2D eigenvalue weighted by atomic mass is 9.80. The first kappa shape index (κ1) is 18.8. The van der Waals surface area contributed by atoms with E-state index in [1.807, 2.05) is 0 Å². The molecule has 2 nitrogen and oxygen atoms in total. The van der Waals surface area contributed by atoms with Crippen molar-refractivity contribution in [2.75, 3.05) is 18.0 Å². The third-order valence-corrected chi connectivity index (χ3v) is 5.53. The standard InChI is InChI=1S/C22H28F2N2/c1-4-19(20-8-6-5-7-16(20)2)17-11-13-26(14-12-17)21-10-9-18(15-25-21)22(3,23)24/h4,7-10,15,17H,5-6,11-14H2,1-3H3/b19-4-. The number of piperidine rings is 1. The molecule has 1 aliphatic carbocycles. The smallest absolute Gasteiger partial charge is 0.272 e. The van der Waals surface area contributed by atoms with E-state index in [-0.39, 0.29) is 5.56 Å². The number of halogens is 2. The van der Waals surface area contributed by atoms with Crippen LogP contribution in [0, 0.1) is 5.92 Å². The first-order valence-electron chi connectivity index (χ1n) is 9.53. The molecule has 1 aromatic heterocycles. The van der Waals surface area contributed by atoms with Crippen LogP contribution >= 0.6 is 0 Å². The Morgan fingerprint density at radius 3 is 2.42 bits per heavy atom. The van der Waals surface area contributed by atoms with E-state index in [1.165, 1.54) is 29.0 Å². The highest BCUT2D eigenvalue weighted by Gasteiger charge is 2.27. The van der Waals surface area contributed by atoms with E-state index in [2.05, 4.69) is 42.0 Å². The van der Waals surface area contributed by atoms with Gasteiger partial charge < -0.3 is 4.90 Å². The summed E-state index contributed by atoms with van der Waals surface area (Å²) < 4.78 is 26.7. The first-order chi connectivity index (χ1) is 12.4. The predicted molar refractivity (Wildman–Crippen MR) is 104 cm³/mol. The first-order valence-corrected chi connectivity index (χ1v) is 9.53. The summed E-state index contributed by atoms with van der Waals surface area (Å²) in [6.45, 7) is 7.07. The molecule has 0 radical (unpaired) electrons. The minimum Gasteiger partial charge on any atom is -0.357 e. The lowest BCUT2D eigenvalue weighted by molar-refractivity contribution is 0.0171. The van der Waals surface area contributed by atoms with Crippen LogP contribution < -0.4 is 4.90 Å². The number of alkyl halides is 2. The van der Waals surface area contributed by atoms with Crippen molar-refractivity contribution in [3.63, 3.8) is 0 Å². The molecule has 140 valence electrons. The molecule has 1 aliphatic heterocycles. The number of rotatable bonds is 4. The molecular weight excluding hydrogens is 330 g/mol. The predicted octanol–water partition coefficient (Wildman–Crippen LogP) is 6.02. The SMILES string of the molecule is C/C=C(\C1=CCCC=C1C)C1CCN(c2ccc(C(C)(F)F)cn2)CC1. The van der Waals surface area contributed by atoms with Gasteiger partial charge >= 0.3 is 0 Å². The van der Waals surface area contributed by atoms with E-state index in [1.54, 1.807) is 6.07 Å². The van der Waals surface area contributed by atoms with E-state index in [0.717, 1.165) is 51.5 Å². The van der Waals surface area contributed by atoms with Gasteiger partial charge in [-0.1, -0.05) is 18.2 Å². The van der Waals surface area contributed by atoms with Crippen LogP contribution in [-0.2, 0) is 5.92 Å². The zero-order valence-electron chi connectivity index (χ0n) is 15.9. The van der Waals surface area contributed by atoms with Crippen molar-refractivity contribution in [2.45, 2.75) is 52.4 Å². The highest BCUT2D eigenvalue weighted by atomic mass is 19.3. The average molecular weight is 358 g/mol. The van der Waals surface area contributed by atoms with Crippen molar-refractivity contribution in [3.05, 3.63) is 58.8 Å². The maximum absolute atomic E-state index is 13.3. The molecule has 0 bridgehead atoms. The van der Waals surface area contributed by atoms with Gasteiger partial charge in [-0.15, -0.1) is 0 Å². The average Bonchev–Trinajstić information content (AvgIpc) is 2.64. The maximum Gasteiger partial charge on any atom is 0.272 e. The lowest BCUT2D eigenvalue weighted by Crippen LogP contribution is -2.35. The van der Waals surface area contributed by atoms with Gasteiger partial charge in [-0.3, -0.25) is 0 Å². The van der Waals surface area contributed by atoms with Crippen LogP contribution in [0.1, 0.15) is 52.0 Å². The van der Waals surface area contributed by atoms with E-state index < -0.39 is 5.92 Å². The Kier molecular flexibility index (Phi) is 5.59. The summed E-state index contributed by atoms with van der Waals surface area (Å²) in [4.78, 5) is 6.48. The normalized spacial score (nSPS) is 20.0. The largest absolute Gasteiger partial charge is 0.357 e. The number of anilines is 1. The van der Waals surface area contributed by atoms with Gasteiger partial charge in [0.25, 0.3) is 5.92 Å². The van der Waals surface area contributed by atoms with Crippen LogP contribution in [0.5, 0.6) is 0 Å². The molecule has 2 aliphatic rings. The van der Waals surface area contributed by atoms with Gasteiger partial charge in [0.05, 0.1) is 0 Å². The molecule has 0 atom stereocenters. The van der Waals surface area contributed by atoms with Crippen molar-refractivity contribution < 1.29 is 8.78 Å². The molecule has 1 fully saturated rings. The fraction of sp³-hybridized carbons (Fsp3) is 0.500. The Labute approximate surface area is 155 Å². The third kappa shape index (κ3) is 4.05. The Morgan fingerprint density at radius 2 is 1.88 bits per heavy atom. The quantitative estimate of drug-likeness (QED) is 0.654. The van der Waals surface area contributed by atoms with Crippen LogP contribution in [0.4, 0.5) is 14.6 Å². The Morgan fingerprint density at radius 1 is 1.19 bits per heavy atom. The van der Waals surface area contributed by atoms with Crippen molar-refractivity contribution in [2.24, 2.45) is 5.92 Å². The molecule has 0 amide bonds. The van der Waals surface area contributed by atoms with Gasteiger partial charge in [-0.2, -0.15) is 0 Å². The molecule has 1 saturated heterocycles. The zero-order valence-corrected chi connectivity index (χ0v) is 15.9. The van der Waals surface area contributed by atoms with E-state index >= 15 is 0 Å². The number of pyridine rings is 1. The number of hydrogen-bond donors (Lipinski definition) is 0. The monoisotopic (exact) mass is 358 g/mol. The summed E-state index contributed by atoms with van der Waals surface area (Å²) in [7, 11) is 0. The van der Waals surface area contributed by atoms with Crippen LogP contribution in [0.15, 0.2) is 53.3 Å². The summed E-state index contributed by atoms with van der Waals surface area (Å²) in [6.07, 6.45) is 12.7. The highest BCUT2D eigenvalue weighted by molar-refractivity contribution is 5.49. The molecular formula is C22H28F2N2. The van der Waals surface area contributed by atoms with Crippen LogP contribution in [0.25, 0.3) is 0 Å².